The van der Waals surface area contributed by atoms with Gasteiger partial charge < -0.3 is 5.32 Å². The first-order chi connectivity index (χ1) is 4.83. The standard InChI is InChI=1S/C7H15NOS/c1-8-6-7-2-4-10(9)5-3-7/h7-8H,2-6H2,1H3. The molecule has 0 aromatic heterocycles. The van der Waals surface area contributed by atoms with E-state index in [2.05, 4.69) is 5.32 Å². The zero-order valence-corrected chi connectivity index (χ0v) is 7.25. The first kappa shape index (κ1) is 8.21. The number of hydrogen-bond acceptors (Lipinski definition) is 2. The average Bonchev–Trinajstić information content (AvgIpc) is 1.95. The molecule has 0 saturated carbocycles. The van der Waals surface area contributed by atoms with E-state index < -0.39 is 10.8 Å². The summed E-state index contributed by atoms with van der Waals surface area (Å²) >= 11 is 0. The van der Waals surface area contributed by atoms with Gasteiger partial charge in [-0.25, -0.2) is 0 Å². The Morgan fingerprint density at radius 1 is 1.50 bits per heavy atom. The fourth-order valence-corrected chi connectivity index (χ4v) is 2.73. The zero-order chi connectivity index (χ0) is 7.40. The molecule has 0 atom stereocenters. The van der Waals surface area contributed by atoms with Crippen molar-refractivity contribution in [2.24, 2.45) is 5.92 Å². The lowest BCUT2D eigenvalue weighted by atomic mass is 10.0. The summed E-state index contributed by atoms with van der Waals surface area (Å²) in [5.41, 5.74) is 0. The highest BCUT2D eigenvalue weighted by Gasteiger charge is 2.16. The lowest BCUT2D eigenvalue weighted by molar-refractivity contribution is 0.460. The quantitative estimate of drug-likeness (QED) is 0.634. The Morgan fingerprint density at radius 2 is 2.10 bits per heavy atom. The molecule has 1 rings (SSSR count). The van der Waals surface area contributed by atoms with Crippen molar-refractivity contribution in [3.05, 3.63) is 0 Å². The molecule has 0 unspecified atom stereocenters. The molecule has 3 heteroatoms. The van der Waals surface area contributed by atoms with Crippen LogP contribution in [0.3, 0.4) is 0 Å². The third-order valence-corrected chi connectivity index (χ3v) is 3.38. The summed E-state index contributed by atoms with van der Waals surface area (Å²) in [7, 11) is 1.49. The van der Waals surface area contributed by atoms with Gasteiger partial charge in [-0.3, -0.25) is 4.21 Å². The van der Waals surface area contributed by atoms with Crippen molar-refractivity contribution in [2.75, 3.05) is 25.1 Å². The Kier molecular flexibility index (Phi) is 3.35. The van der Waals surface area contributed by atoms with Crippen molar-refractivity contribution in [1.82, 2.24) is 5.32 Å². The second-order valence-electron chi connectivity index (χ2n) is 2.85. The molecule has 1 saturated heterocycles. The molecule has 1 aliphatic heterocycles. The van der Waals surface area contributed by atoms with E-state index in [9.17, 15) is 4.21 Å². The van der Waals surface area contributed by atoms with Gasteiger partial charge in [-0.15, -0.1) is 0 Å². The summed E-state index contributed by atoms with van der Waals surface area (Å²) in [4.78, 5) is 0. The van der Waals surface area contributed by atoms with Crippen molar-refractivity contribution in [3.63, 3.8) is 0 Å². The minimum atomic E-state index is -0.492. The van der Waals surface area contributed by atoms with Gasteiger partial charge in [0.25, 0.3) is 0 Å². The van der Waals surface area contributed by atoms with Gasteiger partial charge in [0.15, 0.2) is 0 Å². The van der Waals surface area contributed by atoms with Crippen LogP contribution in [0.5, 0.6) is 0 Å². The Morgan fingerprint density at radius 3 is 2.60 bits per heavy atom. The minimum Gasteiger partial charge on any atom is -0.319 e. The van der Waals surface area contributed by atoms with Crippen molar-refractivity contribution in [2.45, 2.75) is 12.8 Å². The summed E-state index contributed by atoms with van der Waals surface area (Å²) in [6, 6.07) is 0. The molecule has 0 aromatic rings. The van der Waals surface area contributed by atoms with Crippen LogP contribution in [0.25, 0.3) is 0 Å². The Hall–Kier alpha value is 0.110. The molecule has 10 heavy (non-hydrogen) atoms. The van der Waals surface area contributed by atoms with Crippen LogP contribution in [0.4, 0.5) is 0 Å². The highest BCUT2D eigenvalue weighted by atomic mass is 32.2. The van der Waals surface area contributed by atoms with E-state index in [-0.39, 0.29) is 0 Å². The van der Waals surface area contributed by atoms with Crippen LogP contribution in [-0.4, -0.2) is 29.3 Å². The predicted octanol–water partition coefficient (Wildman–Crippen LogP) is 0.365. The second kappa shape index (κ2) is 4.09. The molecule has 1 fully saturated rings. The van der Waals surface area contributed by atoms with Crippen LogP contribution in [0, 0.1) is 5.92 Å². The highest BCUT2D eigenvalue weighted by Crippen LogP contribution is 2.14. The van der Waals surface area contributed by atoms with E-state index in [1.165, 1.54) is 0 Å². The molecule has 1 aliphatic rings. The molecule has 0 amide bonds. The van der Waals surface area contributed by atoms with Gasteiger partial charge in [0, 0.05) is 22.3 Å². The molecule has 0 radical (unpaired) electrons. The molecule has 0 aromatic carbocycles. The summed E-state index contributed by atoms with van der Waals surface area (Å²) in [6.45, 7) is 1.09. The van der Waals surface area contributed by atoms with Crippen LogP contribution in [-0.2, 0) is 10.8 Å². The van der Waals surface area contributed by atoms with Gasteiger partial charge in [-0.2, -0.15) is 0 Å². The van der Waals surface area contributed by atoms with Gasteiger partial charge >= 0.3 is 0 Å². The smallest absolute Gasteiger partial charge is 0.0237 e. The summed E-state index contributed by atoms with van der Waals surface area (Å²) < 4.78 is 10.9. The van der Waals surface area contributed by atoms with Crippen molar-refractivity contribution in [3.8, 4) is 0 Å². The topological polar surface area (TPSA) is 29.1 Å². The van der Waals surface area contributed by atoms with Gasteiger partial charge in [0.05, 0.1) is 0 Å². The van der Waals surface area contributed by atoms with Crippen LogP contribution in [0.2, 0.25) is 0 Å². The normalized spacial score (nSPS) is 34.1. The Bertz CT molecular complexity index is 117. The van der Waals surface area contributed by atoms with E-state index in [0.29, 0.717) is 0 Å². The maximum atomic E-state index is 10.9. The monoisotopic (exact) mass is 161 g/mol. The largest absolute Gasteiger partial charge is 0.319 e. The summed E-state index contributed by atoms with van der Waals surface area (Å²) in [5, 5.41) is 3.15. The molecule has 0 aliphatic carbocycles. The molecule has 0 bridgehead atoms. The third kappa shape index (κ3) is 2.39. The van der Waals surface area contributed by atoms with E-state index in [1.807, 2.05) is 7.05 Å². The highest BCUT2D eigenvalue weighted by molar-refractivity contribution is 7.85. The molecular formula is C7H15NOS. The van der Waals surface area contributed by atoms with Crippen LogP contribution < -0.4 is 5.32 Å². The van der Waals surface area contributed by atoms with Gasteiger partial charge in [-0.05, 0) is 32.4 Å². The fraction of sp³-hybridized carbons (Fsp3) is 1.00. The van der Waals surface area contributed by atoms with Crippen molar-refractivity contribution >= 4 is 10.8 Å². The Labute approximate surface area is 64.8 Å². The van der Waals surface area contributed by atoms with Crippen LogP contribution >= 0.6 is 0 Å². The first-order valence-corrected chi connectivity index (χ1v) is 5.31. The molecular weight excluding hydrogens is 146 g/mol. The van der Waals surface area contributed by atoms with Crippen LogP contribution in [0.1, 0.15) is 12.8 Å². The van der Waals surface area contributed by atoms with Crippen molar-refractivity contribution < 1.29 is 4.21 Å². The average molecular weight is 161 g/mol. The molecule has 1 heterocycles. The molecule has 2 nitrogen and oxygen atoms in total. The minimum absolute atomic E-state index is 0.492. The van der Waals surface area contributed by atoms with Crippen molar-refractivity contribution in [1.29, 1.82) is 0 Å². The molecule has 60 valence electrons. The number of nitrogens with one attached hydrogen (secondary N) is 1. The van der Waals surface area contributed by atoms with Gasteiger partial charge in [-0.1, -0.05) is 0 Å². The van der Waals surface area contributed by atoms with Gasteiger partial charge in [0.1, 0.15) is 0 Å². The fourth-order valence-electron chi connectivity index (χ4n) is 1.34. The lowest BCUT2D eigenvalue weighted by Gasteiger charge is -2.20. The summed E-state index contributed by atoms with van der Waals surface area (Å²) in [6.07, 6.45) is 2.29. The second-order valence-corrected chi connectivity index (χ2v) is 4.55. The molecule has 0 spiro atoms. The molecule has 1 N–H and O–H groups in total. The Balaban J connectivity index is 2.19. The lowest BCUT2D eigenvalue weighted by Crippen LogP contribution is -2.26. The summed E-state index contributed by atoms with van der Waals surface area (Å²) in [5.74, 6) is 2.63. The van der Waals surface area contributed by atoms with Crippen LogP contribution in [0.15, 0.2) is 0 Å². The van der Waals surface area contributed by atoms with E-state index in [0.717, 1.165) is 36.8 Å². The first-order valence-electron chi connectivity index (χ1n) is 3.82. The number of rotatable bonds is 2. The maximum absolute atomic E-state index is 10.9. The van der Waals surface area contributed by atoms with Gasteiger partial charge in [0.2, 0.25) is 0 Å². The third-order valence-electron chi connectivity index (χ3n) is 2.00. The number of hydrogen-bond donors (Lipinski definition) is 1. The van der Waals surface area contributed by atoms with E-state index in [4.69, 9.17) is 0 Å². The maximum Gasteiger partial charge on any atom is 0.0237 e. The van der Waals surface area contributed by atoms with E-state index in [1.54, 1.807) is 0 Å². The predicted molar refractivity (Wildman–Crippen MR) is 44.5 cm³/mol. The zero-order valence-electron chi connectivity index (χ0n) is 6.43. The SMILES string of the molecule is CNCC1CCS(=O)CC1. The van der Waals surface area contributed by atoms with E-state index >= 15 is 0 Å².